The molecule has 1 fully saturated rings. The molecule has 7 heteroatoms. The number of amides is 1. The van der Waals surface area contributed by atoms with Crippen molar-refractivity contribution in [2.75, 3.05) is 6.26 Å². The van der Waals surface area contributed by atoms with Crippen molar-refractivity contribution < 1.29 is 13.2 Å². The van der Waals surface area contributed by atoms with Crippen LogP contribution in [0.3, 0.4) is 0 Å². The molecular weight excluding hydrogens is 326 g/mol. The number of nitrogens with two attached hydrogens (primary N) is 2. The molecule has 6 nitrogen and oxygen atoms in total. The Hall–Kier alpha value is -1.89. The van der Waals surface area contributed by atoms with Gasteiger partial charge in [0.2, 0.25) is 0 Å². The molecule has 0 saturated heterocycles. The lowest BCUT2D eigenvalue weighted by Crippen LogP contribution is -2.24. The second kappa shape index (κ2) is 6.93. The summed E-state index contributed by atoms with van der Waals surface area (Å²) in [7, 11) is -3.48. The molecule has 1 aromatic carbocycles. The molecule has 1 aliphatic rings. The number of hydrogen-bond acceptors (Lipinski definition) is 3. The predicted octanol–water partition coefficient (Wildman–Crippen LogP) is 1.97. The van der Waals surface area contributed by atoms with Crippen LogP contribution >= 0.6 is 0 Å². The second-order valence-corrected chi connectivity index (χ2v) is 8.44. The van der Waals surface area contributed by atoms with Gasteiger partial charge >= 0.3 is 0 Å². The van der Waals surface area contributed by atoms with Crippen LogP contribution in [0.4, 0.5) is 0 Å². The zero-order valence-corrected chi connectivity index (χ0v) is 15.2. The van der Waals surface area contributed by atoms with Crippen LogP contribution in [0.5, 0.6) is 0 Å². The first-order valence-electron chi connectivity index (χ1n) is 8.16. The minimum absolute atomic E-state index is 0.201. The molecule has 132 valence electrons. The van der Waals surface area contributed by atoms with Gasteiger partial charge in [0.1, 0.15) is 0 Å². The van der Waals surface area contributed by atoms with Gasteiger partial charge in [-0.2, -0.15) is 4.99 Å². The summed E-state index contributed by atoms with van der Waals surface area (Å²) in [5, 5.41) is 0. The van der Waals surface area contributed by atoms with E-state index >= 15 is 0 Å². The third-order valence-corrected chi connectivity index (χ3v) is 5.96. The van der Waals surface area contributed by atoms with E-state index in [0.717, 1.165) is 24.8 Å². The SMILES string of the molecule is CCc1c(C(=O)N=C(N)N)ccc(C2CCCC2C)c1S(C)(=O)=O. The number of carbonyl (C=O) groups excluding carboxylic acids is 1. The Bertz CT molecular complexity index is 781. The molecule has 2 unspecified atom stereocenters. The topological polar surface area (TPSA) is 116 Å². The van der Waals surface area contributed by atoms with Crippen LogP contribution in [0, 0.1) is 5.92 Å². The van der Waals surface area contributed by atoms with Gasteiger partial charge in [0.25, 0.3) is 5.91 Å². The van der Waals surface area contributed by atoms with Crippen LogP contribution in [0.2, 0.25) is 0 Å². The molecule has 1 saturated carbocycles. The Morgan fingerprint density at radius 3 is 2.42 bits per heavy atom. The monoisotopic (exact) mass is 351 g/mol. The molecule has 0 spiro atoms. The van der Waals surface area contributed by atoms with Gasteiger partial charge in [-0.25, -0.2) is 8.42 Å². The van der Waals surface area contributed by atoms with E-state index in [9.17, 15) is 13.2 Å². The van der Waals surface area contributed by atoms with Crippen molar-refractivity contribution >= 4 is 21.7 Å². The maximum Gasteiger partial charge on any atom is 0.280 e. The minimum Gasteiger partial charge on any atom is -0.370 e. The number of nitrogens with zero attached hydrogens (tertiary/aromatic N) is 1. The minimum atomic E-state index is -3.48. The van der Waals surface area contributed by atoms with Gasteiger partial charge in [-0.3, -0.25) is 4.79 Å². The van der Waals surface area contributed by atoms with E-state index in [0.29, 0.717) is 17.9 Å². The first-order chi connectivity index (χ1) is 11.2. The molecule has 2 rings (SSSR count). The highest BCUT2D eigenvalue weighted by molar-refractivity contribution is 7.90. The van der Waals surface area contributed by atoms with E-state index in [1.54, 1.807) is 12.1 Å². The first kappa shape index (κ1) is 18.4. The highest BCUT2D eigenvalue weighted by Gasteiger charge is 2.32. The second-order valence-electron chi connectivity index (χ2n) is 6.49. The average molecular weight is 351 g/mol. The molecule has 0 aromatic heterocycles. The van der Waals surface area contributed by atoms with Crippen molar-refractivity contribution in [3.8, 4) is 0 Å². The Kier molecular flexibility index (Phi) is 5.32. The van der Waals surface area contributed by atoms with E-state index in [4.69, 9.17) is 11.5 Å². The molecule has 0 radical (unpaired) electrons. The number of rotatable bonds is 4. The molecule has 1 aromatic rings. The summed E-state index contributed by atoms with van der Waals surface area (Å²) in [4.78, 5) is 16.1. The first-order valence-corrected chi connectivity index (χ1v) is 10.1. The Morgan fingerprint density at radius 2 is 1.96 bits per heavy atom. The van der Waals surface area contributed by atoms with E-state index in [2.05, 4.69) is 11.9 Å². The zero-order chi connectivity index (χ0) is 18.1. The smallest absolute Gasteiger partial charge is 0.280 e. The molecule has 1 amide bonds. The lowest BCUT2D eigenvalue weighted by molar-refractivity contribution is 0.100. The number of sulfone groups is 1. The molecule has 24 heavy (non-hydrogen) atoms. The van der Waals surface area contributed by atoms with Crippen LogP contribution < -0.4 is 11.5 Å². The number of aliphatic imine (C=N–C) groups is 1. The van der Waals surface area contributed by atoms with Crippen molar-refractivity contribution in [2.24, 2.45) is 22.4 Å². The summed E-state index contributed by atoms with van der Waals surface area (Å²) in [5.41, 5.74) is 12.1. The van der Waals surface area contributed by atoms with Gasteiger partial charge in [0, 0.05) is 11.8 Å². The maximum atomic E-state index is 12.5. The fourth-order valence-corrected chi connectivity index (χ4v) is 5.06. The number of benzene rings is 1. The van der Waals surface area contributed by atoms with Crippen molar-refractivity contribution in [2.45, 2.75) is 50.3 Å². The zero-order valence-electron chi connectivity index (χ0n) is 14.4. The molecule has 0 aliphatic heterocycles. The van der Waals surface area contributed by atoms with E-state index in [1.807, 2.05) is 6.92 Å². The number of guanidine groups is 1. The third kappa shape index (κ3) is 3.61. The summed E-state index contributed by atoms with van der Waals surface area (Å²) < 4.78 is 25.0. The standard InChI is InChI=1S/C17H25N3O3S/c1-4-11-14(16(21)20-17(18)19)9-8-13(15(11)24(3,22)23)12-7-5-6-10(12)2/h8-10,12H,4-7H2,1-3H3,(H4,18,19,20,21). The van der Waals surface area contributed by atoms with E-state index in [1.165, 1.54) is 6.26 Å². The van der Waals surface area contributed by atoms with Crippen LogP contribution in [0.1, 0.15) is 60.5 Å². The summed E-state index contributed by atoms with van der Waals surface area (Å²) >= 11 is 0. The molecule has 4 N–H and O–H groups in total. The third-order valence-electron chi connectivity index (χ3n) is 4.74. The predicted molar refractivity (Wildman–Crippen MR) is 94.8 cm³/mol. The lowest BCUT2D eigenvalue weighted by Gasteiger charge is -2.22. The Morgan fingerprint density at radius 1 is 1.29 bits per heavy atom. The molecule has 0 heterocycles. The molecule has 2 atom stereocenters. The summed E-state index contributed by atoms with van der Waals surface area (Å²) in [5.74, 6) is -0.319. The summed E-state index contributed by atoms with van der Waals surface area (Å²) in [6.07, 6.45) is 4.75. The average Bonchev–Trinajstić information content (AvgIpc) is 2.89. The number of carbonyl (C=O) groups is 1. The quantitative estimate of drug-likeness (QED) is 0.635. The fraction of sp³-hybridized carbons (Fsp3) is 0.529. The van der Waals surface area contributed by atoms with Crippen molar-refractivity contribution in [3.63, 3.8) is 0 Å². The van der Waals surface area contributed by atoms with E-state index in [-0.39, 0.29) is 22.3 Å². The lowest BCUT2D eigenvalue weighted by atomic mass is 9.87. The van der Waals surface area contributed by atoms with Gasteiger partial charge in [-0.05, 0) is 41.9 Å². The number of hydrogen-bond donors (Lipinski definition) is 2. The van der Waals surface area contributed by atoms with Gasteiger partial charge in [0.15, 0.2) is 15.8 Å². The van der Waals surface area contributed by atoms with Crippen LogP contribution in [-0.2, 0) is 16.3 Å². The van der Waals surface area contributed by atoms with Crippen molar-refractivity contribution in [1.82, 2.24) is 0 Å². The van der Waals surface area contributed by atoms with Gasteiger partial charge in [-0.15, -0.1) is 0 Å². The van der Waals surface area contributed by atoms with Gasteiger partial charge in [0.05, 0.1) is 4.90 Å². The van der Waals surface area contributed by atoms with Crippen molar-refractivity contribution in [3.05, 3.63) is 28.8 Å². The molecule has 1 aliphatic carbocycles. The van der Waals surface area contributed by atoms with Gasteiger partial charge in [-0.1, -0.05) is 32.8 Å². The van der Waals surface area contributed by atoms with Crippen LogP contribution in [0.25, 0.3) is 0 Å². The molecular formula is C17H25N3O3S. The van der Waals surface area contributed by atoms with Crippen molar-refractivity contribution in [1.29, 1.82) is 0 Å². The fourth-order valence-electron chi connectivity index (χ4n) is 3.71. The highest BCUT2D eigenvalue weighted by atomic mass is 32.2. The largest absolute Gasteiger partial charge is 0.370 e. The summed E-state index contributed by atoms with van der Waals surface area (Å²) in [6.45, 7) is 3.98. The molecule has 0 bridgehead atoms. The highest BCUT2D eigenvalue weighted by Crippen LogP contribution is 2.43. The van der Waals surface area contributed by atoms with Crippen LogP contribution in [0.15, 0.2) is 22.0 Å². The van der Waals surface area contributed by atoms with Crippen LogP contribution in [-0.4, -0.2) is 26.5 Å². The van der Waals surface area contributed by atoms with E-state index < -0.39 is 15.7 Å². The van der Waals surface area contributed by atoms with Gasteiger partial charge < -0.3 is 11.5 Å². The Labute approximate surface area is 143 Å². The summed E-state index contributed by atoms with van der Waals surface area (Å²) in [6, 6.07) is 3.42. The normalized spacial score (nSPS) is 20.8. The maximum absolute atomic E-state index is 12.5. The Balaban J connectivity index is 2.72.